The molecule has 8 heteroatoms. The van der Waals surface area contributed by atoms with Crippen molar-refractivity contribution in [3.8, 4) is 16.9 Å². The van der Waals surface area contributed by atoms with E-state index in [1.807, 2.05) is 0 Å². The Morgan fingerprint density at radius 3 is 2.17 bits per heavy atom. The van der Waals surface area contributed by atoms with Gasteiger partial charge in [-0.1, -0.05) is 48.5 Å². The van der Waals surface area contributed by atoms with E-state index in [-0.39, 0.29) is 0 Å². The monoisotopic (exact) mass is 485 g/mol. The molecular formula is C27H26F3NO4. The molecule has 0 saturated heterocycles. The van der Waals surface area contributed by atoms with Crippen LogP contribution >= 0.6 is 0 Å². The summed E-state index contributed by atoms with van der Waals surface area (Å²) >= 11 is 0. The quantitative estimate of drug-likeness (QED) is 0.405. The highest BCUT2D eigenvalue weighted by atomic mass is 19.4. The first-order valence-electron chi connectivity index (χ1n) is 10.9. The fourth-order valence-electron chi connectivity index (χ4n) is 3.52. The van der Waals surface area contributed by atoms with Gasteiger partial charge in [-0.15, -0.1) is 0 Å². The van der Waals surface area contributed by atoms with Gasteiger partial charge in [-0.3, -0.25) is 4.79 Å². The Morgan fingerprint density at radius 2 is 1.60 bits per heavy atom. The number of benzene rings is 3. The topological polar surface area (TPSA) is 75.6 Å². The molecule has 3 aromatic rings. The Balaban J connectivity index is 1.84. The molecule has 2 N–H and O–H groups in total. The van der Waals surface area contributed by atoms with Crippen LogP contribution in [0.2, 0.25) is 0 Å². The van der Waals surface area contributed by atoms with Crippen molar-refractivity contribution < 1.29 is 32.6 Å². The summed E-state index contributed by atoms with van der Waals surface area (Å²) in [5.74, 6) is -1.62. The van der Waals surface area contributed by atoms with E-state index in [1.165, 1.54) is 26.0 Å². The summed E-state index contributed by atoms with van der Waals surface area (Å²) in [4.78, 5) is 24.2. The van der Waals surface area contributed by atoms with Crippen LogP contribution in [0.25, 0.3) is 11.1 Å². The van der Waals surface area contributed by atoms with Crippen LogP contribution in [-0.4, -0.2) is 22.6 Å². The minimum absolute atomic E-state index is 0.357. The van der Waals surface area contributed by atoms with Crippen molar-refractivity contribution in [2.75, 3.05) is 0 Å². The van der Waals surface area contributed by atoms with Crippen LogP contribution in [0, 0.1) is 6.92 Å². The van der Waals surface area contributed by atoms with E-state index < -0.39 is 40.8 Å². The van der Waals surface area contributed by atoms with Gasteiger partial charge in [0.2, 0.25) is 0 Å². The zero-order chi connectivity index (χ0) is 26.0. The molecule has 0 fully saturated rings. The SMILES string of the molecule is Cc1cc(C(C)NC(=O)c2ccc(-c3ccccc3)cc2C(F)(F)F)ccc1OC(C)(C)C(=O)O. The molecule has 0 aliphatic rings. The number of carboxylic acid groups (broad SMARTS) is 1. The van der Waals surface area contributed by atoms with Crippen LogP contribution in [0.5, 0.6) is 5.75 Å². The van der Waals surface area contributed by atoms with Crippen molar-refractivity contribution in [2.45, 2.75) is 45.5 Å². The van der Waals surface area contributed by atoms with E-state index >= 15 is 0 Å². The maximum Gasteiger partial charge on any atom is 0.417 e. The van der Waals surface area contributed by atoms with E-state index in [1.54, 1.807) is 62.4 Å². The third-order valence-electron chi connectivity index (χ3n) is 5.60. The van der Waals surface area contributed by atoms with Crippen LogP contribution in [0.4, 0.5) is 13.2 Å². The van der Waals surface area contributed by atoms with E-state index in [9.17, 15) is 27.9 Å². The molecule has 184 valence electrons. The van der Waals surface area contributed by atoms with E-state index in [0.717, 1.165) is 6.07 Å². The highest BCUT2D eigenvalue weighted by Gasteiger charge is 2.36. The average molecular weight is 486 g/mol. The Morgan fingerprint density at radius 1 is 0.943 bits per heavy atom. The number of carbonyl (C=O) groups is 2. The zero-order valence-corrected chi connectivity index (χ0v) is 19.7. The number of carbonyl (C=O) groups excluding carboxylic acids is 1. The molecule has 0 saturated carbocycles. The lowest BCUT2D eigenvalue weighted by Gasteiger charge is -2.24. The van der Waals surface area contributed by atoms with E-state index in [2.05, 4.69) is 5.32 Å². The zero-order valence-electron chi connectivity index (χ0n) is 19.7. The third kappa shape index (κ3) is 6.01. The number of aryl methyl sites for hydroxylation is 1. The maximum absolute atomic E-state index is 13.8. The molecule has 0 radical (unpaired) electrons. The van der Waals surface area contributed by atoms with Crippen molar-refractivity contribution in [1.29, 1.82) is 0 Å². The number of alkyl halides is 3. The number of hydrogen-bond donors (Lipinski definition) is 2. The van der Waals surface area contributed by atoms with Gasteiger partial charge in [0.1, 0.15) is 5.75 Å². The maximum atomic E-state index is 13.8. The summed E-state index contributed by atoms with van der Waals surface area (Å²) in [5, 5.41) is 11.9. The molecule has 3 rings (SSSR count). The van der Waals surface area contributed by atoms with Crippen molar-refractivity contribution in [2.24, 2.45) is 0 Å². The summed E-state index contributed by atoms with van der Waals surface area (Å²) in [6, 6.07) is 16.6. The first kappa shape index (κ1) is 25.8. The summed E-state index contributed by atoms with van der Waals surface area (Å²) in [6.07, 6.45) is -4.72. The number of ether oxygens (including phenoxy) is 1. The van der Waals surface area contributed by atoms with Gasteiger partial charge in [0.05, 0.1) is 17.2 Å². The molecule has 35 heavy (non-hydrogen) atoms. The minimum atomic E-state index is -4.72. The van der Waals surface area contributed by atoms with Crippen LogP contribution < -0.4 is 10.1 Å². The number of nitrogens with one attached hydrogen (secondary N) is 1. The van der Waals surface area contributed by atoms with Gasteiger partial charge in [-0.05, 0) is 68.1 Å². The Hall–Kier alpha value is -3.81. The van der Waals surface area contributed by atoms with Gasteiger partial charge in [0, 0.05) is 0 Å². The number of aliphatic carboxylic acids is 1. The number of amides is 1. The number of carboxylic acids is 1. The Kier molecular flexibility index (Phi) is 7.24. The summed E-state index contributed by atoms with van der Waals surface area (Å²) in [5.41, 5.74) is -0.693. The molecular weight excluding hydrogens is 459 g/mol. The molecule has 1 atom stereocenters. The third-order valence-corrected chi connectivity index (χ3v) is 5.60. The molecule has 0 aliphatic carbocycles. The van der Waals surface area contributed by atoms with Crippen molar-refractivity contribution in [3.63, 3.8) is 0 Å². The summed E-state index contributed by atoms with van der Waals surface area (Å²) < 4.78 is 47.0. The fourth-order valence-corrected chi connectivity index (χ4v) is 3.52. The number of halogens is 3. The van der Waals surface area contributed by atoms with Crippen LogP contribution in [-0.2, 0) is 11.0 Å². The highest BCUT2D eigenvalue weighted by Crippen LogP contribution is 2.35. The van der Waals surface area contributed by atoms with Gasteiger partial charge < -0.3 is 15.2 Å². The molecule has 0 heterocycles. The second kappa shape index (κ2) is 9.82. The van der Waals surface area contributed by atoms with E-state index in [0.29, 0.717) is 28.0 Å². The Bertz CT molecular complexity index is 1240. The predicted octanol–water partition coefficient (Wildman–Crippen LogP) is 6.41. The average Bonchev–Trinajstić information content (AvgIpc) is 2.79. The molecule has 1 unspecified atom stereocenters. The molecule has 5 nitrogen and oxygen atoms in total. The number of rotatable bonds is 7. The summed E-state index contributed by atoms with van der Waals surface area (Å²) in [6.45, 7) is 6.22. The van der Waals surface area contributed by atoms with Gasteiger partial charge in [-0.2, -0.15) is 13.2 Å². The second-order valence-electron chi connectivity index (χ2n) is 8.76. The van der Waals surface area contributed by atoms with Gasteiger partial charge in [0.25, 0.3) is 5.91 Å². The largest absolute Gasteiger partial charge is 0.478 e. The van der Waals surface area contributed by atoms with Gasteiger partial charge >= 0.3 is 12.1 Å². The van der Waals surface area contributed by atoms with Crippen LogP contribution in [0.15, 0.2) is 66.7 Å². The van der Waals surface area contributed by atoms with Crippen LogP contribution in [0.1, 0.15) is 53.9 Å². The molecule has 3 aromatic carbocycles. The van der Waals surface area contributed by atoms with Crippen molar-refractivity contribution in [1.82, 2.24) is 5.32 Å². The first-order valence-corrected chi connectivity index (χ1v) is 10.9. The standard InChI is InChI=1S/C27H26F3NO4/c1-16-14-19(11-13-23(16)35-26(3,4)25(33)34)17(2)31-24(32)21-12-10-20(15-22(21)27(28,29)30)18-8-6-5-7-9-18/h5-15,17H,1-4H3,(H,31,32)(H,33,34). The Labute approximate surface area is 201 Å². The normalized spacial score (nSPS) is 12.7. The van der Waals surface area contributed by atoms with Gasteiger partial charge in [0.15, 0.2) is 5.60 Å². The molecule has 0 aliphatic heterocycles. The molecule has 0 spiro atoms. The highest BCUT2D eigenvalue weighted by molar-refractivity contribution is 5.96. The molecule has 0 aromatic heterocycles. The van der Waals surface area contributed by atoms with Crippen molar-refractivity contribution in [3.05, 3.63) is 89.0 Å². The molecule has 0 bridgehead atoms. The first-order chi connectivity index (χ1) is 16.3. The van der Waals surface area contributed by atoms with Gasteiger partial charge in [-0.25, -0.2) is 4.79 Å². The second-order valence-corrected chi connectivity index (χ2v) is 8.76. The van der Waals surface area contributed by atoms with E-state index in [4.69, 9.17) is 4.74 Å². The van der Waals surface area contributed by atoms with Crippen molar-refractivity contribution >= 4 is 11.9 Å². The minimum Gasteiger partial charge on any atom is -0.478 e. The lowest BCUT2D eigenvalue weighted by molar-refractivity contribution is -0.152. The summed E-state index contributed by atoms with van der Waals surface area (Å²) in [7, 11) is 0. The van der Waals surface area contributed by atoms with Crippen LogP contribution in [0.3, 0.4) is 0 Å². The predicted molar refractivity (Wildman–Crippen MR) is 126 cm³/mol. The lowest BCUT2D eigenvalue weighted by atomic mass is 9.97. The lowest BCUT2D eigenvalue weighted by Crippen LogP contribution is -2.38. The fraction of sp³-hybridized carbons (Fsp3) is 0.259. The molecule has 1 amide bonds. The smallest absolute Gasteiger partial charge is 0.417 e. The number of hydrogen-bond acceptors (Lipinski definition) is 3.